The summed E-state index contributed by atoms with van der Waals surface area (Å²) < 4.78 is 39.6. The van der Waals surface area contributed by atoms with Crippen LogP contribution in [0.4, 0.5) is 10.1 Å². The summed E-state index contributed by atoms with van der Waals surface area (Å²) in [6.07, 6.45) is 5.51. The third kappa shape index (κ3) is 5.02. The Hall–Kier alpha value is -3.37. The number of fused-ring (bicyclic) bond motifs is 1. The molecule has 1 aromatic heterocycles. The lowest BCUT2D eigenvalue weighted by Gasteiger charge is -2.43. The van der Waals surface area contributed by atoms with Crippen molar-refractivity contribution in [1.82, 2.24) is 14.2 Å². The van der Waals surface area contributed by atoms with Crippen LogP contribution in [0.5, 0.6) is 0 Å². The number of carbonyl (C=O) groups is 2. The second-order valence-electron chi connectivity index (χ2n) is 10.1. The number of sulfonamides is 1. The Bertz CT molecular complexity index is 1450. The van der Waals surface area contributed by atoms with Gasteiger partial charge in [0.25, 0.3) is 5.91 Å². The predicted molar refractivity (Wildman–Crippen MR) is 144 cm³/mol. The van der Waals surface area contributed by atoms with Gasteiger partial charge in [0.15, 0.2) is 0 Å². The molecule has 0 spiro atoms. The smallest absolute Gasteiger partial charge is 0.257 e. The summed E-state index contributed by atoms with van der Waals surface area (Å²) in [7, 11) is -3.33. The molecule has 1 amide bonds. The molecule has 3 aromatic rings. The van der Waals surface area contributed by atoms with Crippen molar-refractivity contribution in [3.8, 4) is 0 Å². The van der Waals surface area contributed by atoms with Gasteiger partial charge in [0.1, 0.15) is 12.1 Å². The number of nitrogens with zero attached hydrogens (tertiary/aromatic N) is 4. The molecule has 0 bridgehead atoms. The van der Waals surface area contributed by atoms with Crippen LogP contribution in [-0.2, 0) is 20.2 Å². The Kier molecular flexibility index (Phi) is 7.19. The number of piperidine rings is 1. The summed E-state index contributed by atoms with van der Waals surface area (Å²) in [5.74, 6) is -0.664. The number of aldehydes is 1. The van der Waals surface area contributed by atoms with Crippen molar-refractivity contribution in [3.05, 3.63) is 71.7 Å². The zero-order chi connectivity index (χ0) is 26.9. The highest BCUT2D eigenvalue weighted by Crippen LogP contribution is 2.41. The van der Waals surface area contributed by atoms with E-state index >= 15 is 0 Å². The van der Waals surface area contributed by atoms with Crippen LogP contribution in [0.1, 0.15) is 35.2 Å². The maximum absolute atomic E-state index is 14.4. The first kappa shape index (κ1) is 26.2. The molecule has 10 heteroatoms. The first-order chi connectivity index (χ1) is 18.2. The van der Waals surface area contributed by atoms with Crippen LogP contribution in [0, 0.1) is 5.82 Å². The standard InChI is InChI=1S/C28H31FN4O4S/c1-38(36,37)33-16-14-32(15-17-33)27(35)24-20-30-25-8-7-22(29)19-23(25)26(24)31-12-9-28(10-13-31,11-18-34)21-5-3-2-4-6-21/h2-8,18-20H,9-17H2,1H3. The van der Waals surface area contributed by atoms with E-state index in [1.54, 1.807) is 17.2 Å². The number of hydrogen-bond donors (Lipinski definition) is 0. The van der Waals surface area contributed by atoms with Crippen molar-refractivity contribution in [1.29, 1.82) is 0 Å². The van der Waals surface area contributed by atoms with Gasteiger partial charge < -0.3 is 14.6 Å². The van der Waals surface area contributed by atoms with E-state index in [0.29, 0.717) is 54.5 Å². The molecule has 5 rings (SSSR count). The number of benzene rings is 2. The van der Waals surface area contributed by atoms with E-state index in [-0.39, 0.29) is 37.5 Å². The van der Waals surface area contributed by atoms with Crippen molar-refractivity contribution in [3.63, 3.8) is 0 Å². The number of piperazine rings is 1. The Morgan fingerprint density at radius 1 is 1.03 bits per heavy atom. The molecule has 3 heterocycles. The van der Waals surface area contributed by atoms with Crippen LogP contribution < -0.4 is 4.90 Å². The molecule has 200 valence electrons. The van der Waals surface area contributed by atoms with E-state index in [2.05, 4.69) is 22.0 Å². The second-order valence-corrected chi connectivity index (χ2v) is 12.1. The second kappa shape index (κ2) is 10.4. The molecule has 2 aliphatic rings. The van der Waals surface area contributed by atoms with Gasteiger partial charge in [-0.25, -0.2) is 12.8 Å². The highest BCUT2D eigenvalue weighted by atomic mass is 32.2. The number of hydrogen-bond acceptors (Lipinski definition) is 6. The molecule has 2 fully saturated rings. The molecule has 2 aromatic carbocycles. The minimum Gasteiger partial charge on any atom is -0.370 e. The Morgan fingerprint density at radius 2 is 1.71 bits per heavy atom. The first-order valence-electron chi connectivity index (χ1n) is 12.8. The normalized spacial score (nSPS) is 18.5. The fourth-order valence-electron chi connectivity index (χ4n) is 5.76. The van der Waals surface area contributed by atoms with Crippen LogP contribution in [-0.4, -0.2) is 80.3 Å². The quantitative estimate of drug-likeness (QED) is 0.448. The average Bonchev–Trinajstić information content (AvgIpc) is 2.93. The zero-order valence-corrected chi connectivity index (χ0v) is 22.2. The van der Waals surface area contributed by atoms with Gasteiger partial charge in [-0.05, 0) is 36.6 Å². The Labute approximate surface area is 222 Å². The van der Waals surface area contributed by atoms with Crippen LogP contribution in [0.15, 0.2) is 54.7 Å². The molecule has 2 saturated heterocycles. The minimum atomic E-state index is -3.33. The lowest BCUT2D eigenvalue weighted by Crippen LogP contribution is -2.50. The largest absolute Gasteiger partial charge is 0.370 e. The molecular weight excluding hydrogens is 507 g/mol. The lowest BCUT2D eigenvalue weighted by molar-refractivity contribution is -0.109. The maximum atomic E-state index is 14.4. The van der Waals surface area contributed by atoms with Gasteiger partial charge in [-0.2, -0.15) is 4.31 Å². The van der Waals surface area contributed by atoms with E-state index in [1.807, 2.05) is 18.2 Å². The van der Waals surface area contributed by atoms with Crippen LogP contribution in [0.3, 0.4) is 0 Å². The van der Waals surface area contributed by atoms with Gasteiger partial charge in [0.05, 0.1) is 23.0 Å². The Morgan fingerprint density at radius 3 is 2.34 bits per heavy atom. The average molecular weight is 539 g/mol. The minimum absolute atomic E-state index is 0.227. The number of anilines is 1. The summed E-state index contributed by atoms with van der Waals surface area (Å²) in [4.78, 5) is 33.6. The molecule has 0 radical (unpaired) electrons. The predicted octanol–water partition coefficient (Wildman–Crippen LogP) is 3.22. The lowest BCUT2D eigenvalue weighted by atomic mass is 9.70. The highest BCUT2D eigenvalue weighted by molar-refractivity contribution is 7.88. The molecule has 0 aliphatic carbocycles. The van der Waals surface area contributed by atoms with Gasteiger partial charge in [-0.15, -0.1) is 0 Å². The van der Waals surface area contributed by atoms with E-state index < -0.39 is 15.8 Å². The molecule has 2 aliphatic heterocycles. The van der Waals surface area contributed by atoms with Crippen molar-refractivity contribution < 1.29 is 22.4 Å². The molecule has 8 nitrogen and oxygen atoms in total. The van der Waals surface area contributed by atoms with Crippen molar-refractivity contribution in [2.24, 2.45) is 0 Å². The van der Waals surface area contributed by atoms with E-state index in [9.17, 15) is 22.4 Å². The fourth-order valence-corrected chi connectivity index (χ4v) is 6.59. The van der Waals surface area contributed by atoms with Gasteiger partial charge in [-0.1, -0.05) is 30.3 Å². The van der Waals surface area contributed by atoms with Crippen molar-refractivity contribution >= 4 is 38.8 Å². The van der Waals surface area contributed by atoms with E-state index in [0.717, 1.165) is 11.8 Å². The van der Waals surface area contributed by atoms with Crippen LogP contribution in [0.2, 0.25) is 0 Å². The third-order valence-electron chi connectivity index (χ3n) is 7.92. The van der Waals surface area contributed by atoms with Gasteiger partial charge in [0, 0.05) is 62.7 Å². The van der Waals surface area contributed by atoms with Crippen LogP contribution >= 0.6 is 0 Å². The molecular formula is C28H31FN4O4S. The molecule has 0 N–H and O–H groups in total. The van der Waals surface area contributed by atoms with Crippen molar-refractivity contribution in [2.75, 3.05) is 50.4 Å². The molecule has 0 saturated carbocycles. The summed E-state index contributed by atoms with van der Waals surface area (Å²) in [5, 5.41) is 0.563. The monoisotopic (exact) mass is 538 g/mol. The number of aromatic nitrogens is 1. The SMILES string of the molecule is CS(=O)(=O)N1CCN(C(=O)c2cnc3ccc(F)cc3c2N2CCC(CC=O)(c3ccccc3)CC2)CC1. The summed E-state index contributed by atoms with van der Waals surface area (Å²) in [6.45, 7) is 2.15. The number of halogens is 1. The summed E-state index contributed by atoms with van der Waals surface area (Å²) in [6, 6.07) is 14.4. The number of rotatable bonds is 6. The van der Waals surface area contributed by atoms with Gasteiger partial charge in [-0.3, -0.25) is 9.78 Å². The molecule has 0 unspecified atom stereocenters. The number of amides is 1. The van der Waals surface area contributed by atoms with Gasteiger partial charge in [0.2, 0.25) is 10.0 Å². The zero-order valence-electron chi connectivity index (χ0n) is 21.3. The van der Waals surface area contributed by atoms with E-state index in [1.165, 1.54) is 22.7 Å². The highest BCUT2D eigenvalue weighted by Gasteiger charge is 2.38. The summed E-state index contributed by atoms with van der Waals surface area (Å²) in [5.41, 5.74) is 2.43. The first-order valence-corrected chi connectivity index (χ1v) is 14.6. The topological polar surface area (TPSA) is 90.9 Å². The maximum Gasteiger partial charge on any atom is 0.257 e. The van der Waals surface area contributed by atoms with Crippen molar-refractivity contribution in [2.45, 2.75) is 24.7 Å². The van der Waals surface area contributed by atoms with Gasteiger partial charge >= 0.3 is 0 Å². The van der Waals surface area contributed by atoms with Crippen LogP contribution in [0.25, 0.3) is 10.9 Å². The molecule has 0 atom stereocenters. The fraction of sp³-hybridized carbons (Fsp3) is 0.393. The Balaban J connectivity index is 1.48. The van der Waals surface area contributed by atoms with E-state index in [4.69, 9.17) is 0 Å². The third-order valence-corrected chi connectivity index (χ3v) is 9.23. The number of pyridine rings is 1. The molecule has 38 heavy (non-hydrogen) atoms. The summed E-state index contributed by atoms with van der Waals surface area (Å²) >= 11 is 0. The number of carbonyl (C=O) groups excluding carboxylic acids is 2.